The van der Waals surface area contributed by atoms with Crippen LogP contribution in [0.15, 0.2) is 30.3 Å². The molecular formula is C21H27N5O3. The van der Waals surface area contributed by atoms with Crippen molar-refractivity contribution in [2.24, 2.45) is 5.92 Å². The summed E-state index contributed by atoms with van der Waals surface area (Å²) in [5.41, 5.74) is 1.77. The Bertz CT molecular complexity index is 852. The molecule has 1 aromatic heterocycles. The van der Waals surface area contributed by atoms with Crippen molar-refractivity contribution >= 4 is 11.5 Å². The van der Waals surface area contributed by atoms with E-state index < -0.39 is 4.92 Å². The van der Waals surface area contributed by atoms with Crippen LogP contribution < -0.4 is 4.90 Å². The lowest BCUT2D eigenvalue weighted by Gasteiger charge is -2.37. The van der Waals surface area contributed by atoms with Gasteiger partial charge in [0.05, 0.1) is 18.1 Å². The van der Waals surface area contributed by atoms with Gasteiger partial charge < -0.3 is 9.64 Å². The Balaban J connectivity index is 1.49. The molecule has 0 amide bonds. The standard InChI is InChI=1S/C21H27N5O3/c1-16-13-20(23-21(22-16)18-4-6-19(7-5-18)26(27)28)25-8-2-3-17(15-25)14-24-9-11-29-12-10-24/h4-7,13,17H,2-3,8-12,14-15H2,1H3. The number of hydrogen-bond acceptors (Lipinski definition) is 7. The lowest BCUT2D eigenvalue weighted by atomic mass is 9.97. The molecule has 8 heteroatoms. The number of morpholine rings is 1. The van der Waals surface area contributed by atoms with Crippen LogP contribution in [0.4, 0.5) is 11.5 Å². The van der Waals surface area contributed by atoms with Gasteiger partial charge in [-0.15, -0.1) is 0 Å². The van der Waals surface area contributed by atoms with Crippen molar-refractivity contribution in [3.05, 3.63) is 46.1 Å². The summed E-state index contributed by atoms with van der Waals surface area (Å²) in [5.74, 6) is 2.18. The zero-order chi connectivity index (χ0) is 20.2. The third kappa shape index (κ3) is 4.89. The van der Waals surface area contributed by atoms with Crippen LogP contribution in [-0.2, 0) is 4.74 Å². The van der Waals surface area contributed by atoms with Crippen molar-refractivity contribution in [2.45, 2.75) is 19.8 Å². The minimum Gasteiger partial charge on any atom is -0.379 e. The Labute approximate surface area is 170 Å². The molecule has 0 N–H and O–H groups in total. The molecule has 1 atom stereocenters. The molecule has 154 valence electrons. The topological polar surface area (TPSA) is 84.6 Å². The minimum absolute atomic E-state index is 0.0728. The lowest BCUT2D eigenvalue weighted by Crippen LogP contribution is -2.44. The van der Waals surface area contributed by atoms with Gasteiger partial charge in [0.15, 0.2) is 5.82 Å². The zero-order valence-electron chi connectivity index (χ0n) is 16.8. The molecule has 4 rings (SSSR count). The highest BCUT2D eigenvalue weighted by molar-refractivity contribution is 5.60. The van der Waals surface area contributed by atoms with Crippen LogP contribution in [0.3, 0.4) is 0 Å². The normalized spacial score (nSPS) is 20.6. The Kier molecular flexibility index (Phi) is 6.01. The highest BCUT2D eigenvalue weighted by Crippen LogP contribution is 2.26. The van der Waals surface area contributed by atoms with Crippen LogP contribution in [0.25, 0.3) is 11.4 Å². The molecule has 0 bridgehead atoms. The summed E-state index contributed by atoms with van der Waals surface area (Å²) in [6.07, 6.45) is 2.40. The van der Waals surface area contributed by atoms with E-state index in [-0.39, 0.29) is 5.69 Å². The minimum atomic E-state index is -0.394. The predicted octanol–water partition coefficient (Wildman–Crippen LogP) is 2.91. The number of aromatic nitrogens is 2. The molecule has 2 saturated heterocycles. The second-order valence-electron chi connectivity index (χ2n) is 7.86. The molecule has 2 aliphatic heterocycles. The molecule has 0 radical (unpaired) electrons. The first-order valence-corrected chi connectivity index (χ1v) is 10.2. The van der Waals surface area contributed by atoms with E-state index in [1.165, 1.54) is 18.6 Å². The molecule has 8 nitrogen and oxygen atoms in total. The summed E-state index contributed by atoms with van der Waals surface area (Å²) in [6, 6.07) is 8.47. The van der Waals surface area contributed by atoms with Crippen molar-refractivity contribution in [2.75, 3.05) is 50.8 Å². The van der Waals surface area contributed by atoms with Gasteiger partial charge in [0, 0.05) is 62.2 Å². The van der Waals surface area contributed by atoms with E-state index in [1.54, 1.807) is 12.1 Å². The zero-order valence-corrected chi connectivity index (χ0v) is 16.8. The van der Waals surface area contributed by atoms with Crippen molar-refractivity contribution < 1.29 is 9.66 Å². The quantitative estimate of drug-likeness (QED) is 0.566. The molecule has 1 unspecified atom stereocenters. The van der Waals surface area contributed by atoms with Gasteiger partial charge in [0.25, 0.3) is 5.69 Å². The average Bonchev–Trinajstić information content (AvgIpc) is 2.74. The molecule has 2 fully saturated rings. The number of nitrogens with zero attached hydrogens (tertiary/aromatic N) is 5. The van der Waals surface area contributed by atoms with Crippen molar-refractivity contribution in [3.63, 3.8) is 0 Å². The number of ether oxygens (including phenoxy) is 1. The van der Waals surface area contributed by atoms with E-state index >= 15 is 0 Å². The van der Waals surface area contributed by atoms with E-state index in [0.29, 0.717) is 11.7 Å². The fourth-order valence-corrected chi connectivity index (χ4v) is 4.15. The summed E-state index contributed by atoms with van der Waals surface area (Å²) in [6.45, 7) is 8.78. The number of non-ortho nitro benzene ring substituents is 1. The van der Waals surface area contributed by atoms with Gasteiger partial charge in [-0.3, -0.25) is 15.0 Å². The number of anilines is 1. The van der Waals surface area contributed by atoms with Crippen LogP contribution in [0.1, 0.15) is 18.5 Å². The number of nitro benzene ring substituents is 1. The molecule has 2 aliphatic rings. The predicted molar refractivity (Wildman–Crippen MR) is 111 cm³/mol. The molecule has 3 heterocycles. The first-order valence-electron chi connectivity index (χ1n) is 10.2. The van der Waals surface area contributed by atoms with E-state index in [1.807, 2.05) is 13.0 Å². The van der Waals surface area contributed by atoms with Gasteiger partial charge in [-0.2, -0.15) is 0 Å². The fraction of sp³-hybridized carbons (Fsp3) is 0.524. The Morgan fingerprint density at radius 2 is 1.93 bits per heavy atom. The van der Waals surface area contributed by atoms with Crippen LogP contribution in [0.2, 0.25) is 0 Å². The number of nitro groups is 1. The van der Waals surface area contributed by atoms with Crippen LogP contribution >= 0.6 is 0 Å². The summed E-state index contributed by atoms with van der Waals surface area (Å²) < 4.78 is 5.46. The smallest absolute Gasteiger partial charge is 0.269 e. The van der Waals surface area contributed by atoms with Gasteiger partial charge in [-0.1, -0.05) is 0 Å². The SMILES string of the molecule is Cc1cc(N2CCCC(CN3CCOCC3)C2)nc(-c2ccc([N+](=O)[O-])cc2)n1. The van der Waals surface area contributed by atoms with Gasteiger partial charge in [-0.25, -0.2) is 9.97 Å². The Morgan fingerprint density at radius 3 is 2.66 bits per heavy atom. The molecule has 2 aromatic rings. The maximum atomic E-state index is 10.9. The highest BCUT2D eigenvalue weighted by atomic mass is 16.6. The number of piperidine rings is 1. The second-order valence-corrected chi connectivity index (χ2v) is 7.86. The summed E-state index contributed by atoms with van der Waals surface area (Å²) >= 11 is 0. The molecule has 0 aliphatic carbocycles. The van der Waals surface area contributed by atoms with E-state index in [2.05, 4.69) is 14.8 Å². The summed E-state index contributed by atoms with van der Waals surface area (Å²) in [7, 11) is 0. The first kappa shape index (κ1) is 19.7. The number of hydrogen-bond donors (Lipinski definition) is 0. The maximum Gasteiger partial charge on any atom is 0.269 e. The van der Waals surface area contributed by atoms with Crippen molar-refractivity contribution in [1.82, 2.24) is 14.9 Å². The first-order chi connectivity index (χ1) is 14.1. The summed E-state index contributed by atoms with van der Waals surface area (Å²) in [4.78, 5) is 24.7. The third-order valence-corrected chi connectivity index (χ3v) is 5.64. The maximum absolute atomic E-state index is 10.9. The van der Waals surface area contributed by atoms with E-state index in [0.717, 1.165) is 69.4 Å². The van der Waals surface area contributed by atoms with E-state index in [4.69, 9.17) is 9.72 Å². The number of rotatable bonds is 5. The van der Waals surface area contributed by atoms with Gasteiger partial charge >= 0.3 is 0 Å². The van der Waals surface area contributed by atoms with Crippen molar-refractivity contribution in [3.8, 4) is 11.4 Å². The molecular weight excluding hydrogens is 370 g/mol. The molecule has 0 saturated carbocycles. The second kappa shape index (κ2) is 8.84. The Morgan fingerprint density at radius 1 is 1.17 bits per heavy atom. The van der Waals surface area contributed by atoms with Crippen LogP contribution in [-0.4, -0.2) is 65.7 Å². The van der Waals surface area contributed by atoms with Crippen LogP contribution in [0, 0.1) is 23.0 Å². The van der Waals surface area contributed by atoms with Gasteiger partial charge in [0.1, 0.15) is 5.82 Å². The van der Waals surface area contributed by atoms with Crippen LogP contribution in [0.5, 0.6) is 0 Å². The number of benzene rings is 1. The van der Waals surface area contributed by atoms with Gasteiger partial charge in [-0.05, 0) is 37.8 Å². The van der Waals surface area contributed by atoms with Gasteiger partial charge in [0.2, 0.25) is 0 Å². The highest BCUT2D eigenvalue weighted by Gasteiger charge is 2.24. The Hall–Kier alpha value is -2.58. The summed E-state index contributed by atoms with van der Waals surface area (Å²) in [5, 5.41) is 10.9. The lowest BCUT2D eigenvalue weighted by molar-refractivity contribution is -0.384. The fourth-order valence-electron chi connectivity index (χ4n) is 4.15. The van der Waals surface area contributed by atoms with E-state index in [9.17, 15) is 10.1 Å². The average molecular weight is 397 g/mol. The largest absolute Gasteiger partial charge is 0.379 e. The van der Waals surface area contributed by atoms with Crippen molar-refractivity contribution in [1.29, 1.82) is 0 Å². The molecule has 1 aromatic carbocycles. The molecule has 29 heavy (non-hydrogen) atoms. The molecule has 0 spiro atoms. The monoisotopic (exact) mass is 397 g/mol. The number of aryl methyl sites for hydroxylation is 1. The third-order valence-electron chi connectivity index (χ3n) is 5.64.